The van der Waals surface area contributed by atoms with Gasteiger partial charge in [0.05, 0.1) is 11.8 Å². The van der Waals surface area contributed by atoms with Crippen LogP contribution in [0, 0.1) is 0 Å². The van der Waals surface area contributed by atoms with Gasteiger partial charge in [0, 0.05) is 31.1 Å². The number of carbonyl (C=O) groups is 1. The fraction of sp³-hybridized carbons (Fsp3) is 0.615. The van der Waals surface area contributed by atoms with Gasteiger partial charge in [0.1, 0.15) is 0 Å². The van der Waals surface area contributed by atoms with E-state index in [-0.39, 0.29) is 11.3 Å². The molecule has 1 N–H and O–H groups in total. The van der Waals surface area contributed by atoms with Gasteiger partial charge in [-0.1, -0.05) is 6.07 Å². The zero-order valence-electron chi connectivity index (χ0n) is 11.7. The van der Waals surface area contributed by atoms with Gasteiger partial charge in [-0.25, -0.2) is 13.2 Å². The van der Waals surface area contributed by atoms with Crippen LogP contribution in [0.15, 0.2) is 17.5 Å². The van der Waals surface area contributed by atoms with E-state index in [0.29, 0.717) is 32.7 Å². The number of sulfonamides is 1. The van der Waals surface area contributed by atoms with Crippen molar-refractivity contribution in [3.8, 4) is 0 Å². The summed E-state index contributed by atoms with van der Waals surface area (Å²) in [6.07, 6.45) is 1.56. The molecule has 2 aliphatic rings. The van der Waals surface area contributed by atoms with Crippen LogP contribution in [-0.4, -0.2) is 55.1 Å². The standard InChI is InChI=1S/C13H19N3O3S2/c17-13(14-10-11-2-1-9-20-11)15-5-7-16(8-6-15)21(18,19)12-3-4-12/h1-2,9,12H,3-8,10H2,(H,14,17). The monoisotopic (exact) mass is 329 g/mol. The molecular weight excluding hydrogens is 310 g/mol. The number of hydrogen-bond acceptors (Lipinski definition) is 4. The van der Waals surface area contributed by atoms with E-state index >= 15 is 0 Å². The number of urea groups is 1. The fourth-order valence-electron chi connectivity index (χ4n) is 2.41. The van der Waals surface area contributed by atoms with Gasteiger partial charge in [-0.2, -0.15) is 4.31 Å². The number of amides is 2. The van der Waals surface area contributed by atoms with Gasteiger partial charge in [-0.15, -0.1) is 11.3 Å². The molecular formula is C13H19N3O3S2. The van der Waals surface area contributed by atoms with Gasteiger partial charge in [0.2, 0.25) is 10.0 Å². The Labute approximate surface area is 128 Å². The van der Waals surface area contributed by atoms with E-state index in [2.05, 4.69) is 5.32 Å². The van der Waals surface area contributed by atoms with Gasteiger partial charge >= 0.3 is 6.03 Å². The lowest BCUT2D eigenvalue weighted by Gasteiger charge is -2.34. The average molecular weight is 329 g/mol. The quantitative estimate of drug-likeness (QED) is 0.898. The number of piperazine rings is 1. The molecule has 1 saturated carbocycles. The van der Waals surface area contributed by atoms with Crippen molar-refractivity contribution >= 4 is 27.4 Å². The van der Waals surface area contributed by atoms with E-state index in [9.17, 15) is 13.2 Å². The first kappa shape index (κ1) is 14.8. The highest BCUT2D eigenvalue weighted by atomic mass is 32.2. The third kappa shape index (κ3) is 3.38. The second-order valence-corrected chi connectivity index (χ2v) is 8.61. The van der Waals surface area contributed by atoms with Crippen LogP contribution < -0.4 is 5.32 Å². The van der Waals surface area contributed by atoms with Crippen LogP contribution in [0.2, 0.25) is 0 Å². The van der Waals surface area contributed by atoms with Gasteiger partial charge in [0.25, 0.3) is 0 Å². The van der Waals surface area contributed by atoms with Crippen molar-refractivity contribution in [1.82, 2.24) is 14.5 Å². The Morgan fingerprint density at radius 2 is 2.00 bits per heavy atom. The molecule has 21 heavy (non-hydrogen) atoms. The maximum atomic E-state index is 12.1. The van der Waals surface area contributed by atoms with Crippen molar-refractivity contribution in [1.29, 1.82) is 0 Å². The Hall–Kier alpha value is -1.12. The fourth-order valence-corrected chi connectivity index (χ4v) is 4.88. The van der Waals surface area contributed by atoms with Crippen molar-refractivity contribution in [3.05, 3.63) is 22.4 Å². The molecule has 1 aromatic rings. The van der Waals surface area contributed by atoms with E-state index in [1.165, 1.54) is 4.31 Å². The minimum absolute atomic E-state index is 0.119. The molecule has 0 unspecified atom stereocenters. The molecule has 0 atom stereocenters. The van der Waals surface area contributed by atoms with Gasteiger partial charge < -0.3 is 10.2 Å². The summed E-state index contributed by atoms with van der Waals surface area (Å²) >= 11 is 1.60. The lowest BCUT2D eigenvalue weighted by Crippen LogP contribution is -2.53. The summed E-state index contributed by atoms with van der Waals surface area (Å²) in [7, 11) is -3.11. The summed E-state index contributed by atoms with van der Waals surface area (Å²) in [5.41, 5.74) is 0. The number of thiophene rings is 1. The average Bonchev–Trinajstić information content (AvgIpc) is 3.23. The van der Waals surface area contributed by atoms with Crippen LogP contribution in [0.25, 0.3) is 0 Å². The van der Waals surface area contributed by atoms with Crippen LogP contribution in [0.3, 0.4) is 0 Å². The molecule has 0 radical (unpaired) electrons. The molecule has 6 nitrogen and oxygen atoms in total. The third-order valence-electron chi connectivity index (χ3n) is 3.83. The molecule has 8 heteroatoms. The zero-order chi connectivity index (χ0) is 14.9. The molecule has 1 aliphatic heterocycles. The van der Waals surface area contributed by atoms with Crippen LogP contribution in [0.4, 0.5) is 4.79 Å². The van der Waals surface area contributed by atoms with Crippen LogP contribution in [-0.2, 0) is 16.6 Å². The molecule has 116 valence electrons. The van der Waals surface area contributed by atoms with E-state index in [1.54, 1.807) is 16.2 Å². The molecule has 1 saturated heterocycles. The number of rotatable bonds is 4. The smallest absolute Gasteiger partial charge is 0.317 e. The molecule has 1 aliphatic carbocycles. The number of carbonyl (C=O) groups excluding carboxylic acids is 1. The second kappa shape index (κ2) is 5.94. The van der Waals surface area contributed by atoms with E-state index in [0.717, 1.165) is 17.7 Å². The highest BCUT2D eigenvalue weighted by molar-refractivity contribution is 7.90. The summed E-state index contributed by atoms with van der Waals surface area (Å²) in [4.78, 5) is 14.8. The Morgan fingerprint density at radius 1 is 1.29 bits per heavy atom. The van der Waals surface area contributed by atoms with Crippen LogP contribution in [0.1, 0.15) is 17.7 Å². The number of nitrogens with zero attached hydrogens (tertiary/aromatic N) is 2. The predicted octanol–water partition coefficient (Wildman–Crippen LogP) is 1.07. The first-order valence-electron chi connectivity index (χ1n) is 7.11. The lowest BCUT2D eigenvalue weighted by atomic mass is 10.4. The maximum Gasteiger partial charge on any atom is 0.317 e. The molecule has 0 spiro atoms. The van der Waals surface area contributed by atoms with Crippen molar-refractivity contribution in [2.75, 3.05) is 26.2 Å². The summed E-state index contributed by atoms with van der Waals surface area (Å²) in [5.74, 6) is 0. The Morgan fingerprint density at radius 3 is 2.57 bits per heavy atom. The SMILES string of the molecule is O=C(NCc1cccs1)N1CCN(S(=O)(=O)C2CC2)CC1. The van der Waals surface area contributed by atoms with E-state index < -0.39 is 10.0 Å². The summed E-state index contributed by atoms with van der Waals surface area (Å²) in [6.45, 7) is 2.26. The van der Waals surface area contributed by atoms with Crippen molar-refractivity contribution in [3.63, 3.8) is 0 Å². The number of nitrogens with one attached hydrogen (secondary N) is 1. The maximum absolute atomic E-state index is 12.1. The molecule has 2 fully saturated rings. The lowest BCUT2D eigenvalue weighted by molar-refractivity contribution is 0.172. The second-order valence-electron chi connectivity index (χ2n) is 5.37. The van der Waals surface area contributed by atoms with Gasteiger partial charge in [-0.05, 0) is 24.3 Å². The van der Waals surface area contributed by atoms with Crippen LogP contribution in [0.5, 0.6) is 0 Å². The van der Waals surface area contributed by atoms with E-state index in [1.807, 2.05) is 17.5 Å². The molecule has 0 bridgehead atoms. The van der Waals surface area contributed by atoms with Crippen LogP contribution >= 0.6 is 11.3 Å². The minimum atomic E-state index is -3.11. The molecule has 1 aromatic heterocycles. The largest absolute Gasteiger partial charge is 0.333 e. The summed E-state index contributed by atoms with van der Waals surface area (Å²) in [5, 5.41) is 4.68. The molecule has 3 rings (SSSR count). The number of hydrogen-bond donors (Lipinski definition) is 1. The Bertz CT molecular complexity index is 588. The van der Waals surface area contributed by atoms with Crippen molar-refractivity contribution in [2.24, 2.45) is 0 Å². The molecule has 2 amide bonds. The predicted molar refractivity (Wildman–Crippen MR) is 81.6 cm³/mol. The van der Waals surface area contributed by atoms with Crippen molar-refractivity contribution in [2.45, 2.75) is 24.6 Å². The van der Waals surface area contributed by atoms with Gasteiger partial charge in [0.15, 0.2) is 0 Å². The minimum Gasteiger partial charge on any atom is -0.333 e. The topological polar surface area (TPSA) is 69.7 Å². The first-order valence-corrected chi connectivity index (χ1v) is 9.50. The highest BCUT2D eigenvalue weighted by Gasteiger charge is 2.41. The van der Waals surface area contributed by atoms with Gasteiger partial charge in [-0.3, -0.25) is 0 Å². The Kier molecular flexibility index (Phi) is 4.19. The molecule has 2 heterocycles. The normalized spacial score (nSPS) is 20.5. The summed E-state index contributed by atoms with van der Waals surface area (Å²) < 4.78 is 25.8. The first-order chi connectivity index (χ1) is 10.1. The summed E-state index contributed by atoms with van der Waals surface area (Å²) in [6, 6.07) is 3.81. The highest BCUT2D eigenvalue weighted by Crippen LogP contribution is 2.31. The third-order valence-corrected chi connectivity index (χ3v) is 7.10. The van der Waals surface area contributed by atoms with E-state index in [4.69, 9.17) is 0 Å². The Balaban J connectivity index is 1.47. The molecule has 0 aromatic carbocycles. The van der Waals surface area contributed by atoms with Crippen molar-refractivity contribution < 1.29 is 13.2 Å². The zero-order valence-corrected chi connectivity index (χ0v) is 13.3.